The van der Waals surface area contributed by atoms with Crippen LogP contribution >= 0.6 is 23.2 Å². The number of aromatic nitrogens is 2. The Labute approximate surface area is 112 Å². The van der Waals surface area contributed by atoms with Crippen LogP contribution in [-0.2, 0) is 6.54 Å². The molecule has 0 bridgehead atoms. The van der Waals surface area contributed by atoms with Crippen molar-refractivity contribution in [3.63, 3.8) is 0 Å². The van der Waals surface area contributed by atoms with Gasteiger partial charge in [-0.3, -0.25) is 4.90 Å². The molecule has 1 aromatic rings. The van der Waals surface area contributed by atoms with Gasteiger partial charge in [-0.25, -0.2) is 9.97 Å². The van der Waals surface area contributed by atoms with E-state index in [2.05, 4.69) is 21.9 Å². The molecule has 5 heteroatoms. The topological polar surface area (TPSA) is 29.0 Å². The standard InChI is InChI=1S/C12H17Cl2N3/c1-17(10-5-3-2-4-6-10)8-9-7-15-12(14)16-11(9)13/h7,10H,2-6,8H2,1H3. The Balaban J connectivity index is 1.99. The van der Waals surface area contributed by atoms with E-state index in [-0.39, 0.29) is 5.28 Å². The van der Waals surface area contributed by atoms with E-state index in [0.29, 0.717) is 11.2 Å². The lowest BCUT2D eigenvalue weighted by atomic mass is 9.94. The summed E-state index contributed by atoms with van der Waals surface area (Å²) in [6.07, 6.45) is 8.32. The van der Waals surface area contributed by atoms with Crippen LogP contribution in [0.3, 0.4) is 0 Å². The van der Waals surface area contributed by atoms with Gasteiger partial charge in [0.1, 0.15) is 5.15 Å². The highest BCUT2D eigenvalue weighted by molar-refractivity contribution is 6.32. The molecule has 1 aliphatic carbocycles. The SMILES string of the molecule is CN(Cc1cnc(Cl)nc1Cl)C1CCCCC1. The largest absolute Gasteiger partial charge is 0.299 e. The first-order valence-electron chi connectivity index (χ1n) is 6.04. The third kappa shape index (κ3) is 3.54. The van der Waals surface area contributed by atoms with Gasteiger partial charge in [-0.05, 0) is 31.5 Å². The van der Waals surface area contributed by atoms with Crippen molar-refractivity contribution in [3.8, 4) is 0 Å². The summed E-state index contributed by atoms with van der Waals surface area (Å²) in [7, 11) is 2.14. The van der Waals surface area contributed by atoms with Crippen molar-refractivity contribution in [1.82, 2.24) is 14.9 Å². The van der Waals surface area contributed by atoms with Gasteiger partial charge in [0.2, 0.25) is 5.28 Å². The van der Waals surface area contributed by atoms with Crippen molar-refractivity contribution < 1.29 is 0 Å². The van der Waals surface area contributed by atoms with Gasteiger partial charge in [-0.15, -0.1) is 0 Å². The second-order valence-corrected chi connectivity index (χ2v) is 5.36. The fourth-order valence-corrected chi connectivity index (χ4v) is 2.76. The number of nitrogens with zero attached hydrogens (tertiary/aromatic N) is 3. The summed E-state index contributed by atoms with van der Waals surface area (Å²) in [6, 6.07) is 0.662. The summed E-state index contributed by atoms with van der Waals surface area (Å²) in [4.78, 5) is 10.3. The molecule has 1 heterocycles. The molecular formula is C12H17Cl2N3. The molecule has 0 unspecified atom stereocenters. The maximum atomic E-state index is 6.05. The minimum absolute atomic E-state index is 0.207. The van der Waals surface area contributed by atoms with E-state index in [9.17, 15) is 0 Å². The van der Waals surface area contributed by atoms with Crippen LogP contribution in [0.2, 0.25) is 10.4 Å². The van der Waals surface area contributed by atoms with Gasteiger partial charge in [0.15, 0.2) is 0 Å². The van der Waals surface area contributed by atoms with Gasteiger partial charge in [-0.2, -0.15) is 0 Å². The minimum Gasteiger partial charge on any atom is -0.299 e. The van der Waals surface area contributed by atoms with Gasteiger partial charge in [-0.1, -0.05) is 30.9 Å². The molecular weight excluding hydrogens is 257 g/mol. The molecule has 0 saturated heterocycles. The van der Waals surface area contributed by atoms with Crippen molar-refractivity contribution in [1.29, 1.82) is 0 Å². The summed E-state index contributed by atoms with van der Waals surface area (Å²) in [6.45, 7) is 0.792. The van der Waals surface area contributed by atoms with Gasteiger partial charge in [0, 0.05) is 24.3 Å². The van der Waals surface area contributed by atoms with Crippen LogP contribution < -0.4 is 0 Å². The Bertz CT molecular complexity index is 378. The van der Waals surface area contributed by atoms with Crippen molar-refractivity contribution in [2.24, 2.45) is 0 Å². The summed E-state index contributed by atoms with van der Waals surface area (Å²) in [5, 5.41) is 0.673. The quantitative estimate of drug-likeness (QED) is 0.623. The van der Waals surface area contributed by atoms with Crippen LogP contribution in [0.15, 0.2) is 6.20 Å². The number of halogens is 2. The number of hydrogen-bond acceptors (Lipinski definition) is 3. The highest BCUT2D eigenvalue weighted by Crippen LogP contribution is 2.24. The van der Waals surface area contributed by atoms with E-state index in [0.717, 1.165) is 12.1 Å². The maximum absolute atomic E-state index is 6.05. The molecule has 1 aromatic heterocycles. The lowest BCUT2D eigenvalue weighted by molar-refractivity contribution is 0.184. The summed E-state index contributed by atoms with van der Waals surface area (Å²) in [5.41, 5.74) is 0.948. The molecule has 17 heavy (non-hydrogen) atoms. The van der Waals surface area contributed by atoms with E-state index in [4.69, 9.17) is 23.2 Å². The Hall–Kier alpha value is -0.380. The van der Waals surface area contributed by atoms with Gasteiger partial charge in [0.05, 0.1) is 0 Å². The lowest BCUT2D eigenvalue weighted by Gasteiger charge is -2.31. The van der Waals surface area contributed by atoms with E-state index in [1.165, 1.54) is 32.1 Å². The maximum Gasteiger partial charge on any atom is 0.223 e. The van der Waals surface area contributed by atoms with E-state index >= 15 is 0 Å². The Morgan fingerprint density at radius 3 is 2.65 bits per heavy atom. The zero-order valence-corrected chi connectivity index (χ0v) is 11.5. The average Bonchev–Trinajstić information content (AvgIpc) is 2.34. The molecule has 1 fully saturated rings. The second kappa shape index (κ2) is 5.98. The van der Waals surface area contributed by atoms with Gasteiger partial charge in [0.25, 0.3) is 0 Å². The van der Waals surface area contributed by atoms with Crippen LogP contribution in [0.1, 0.15) is 37.7 Å². The molecule has 0 spiro atoms. The molecule has 2 rings (SSSR count). The van der Waals surface area contributed by atoms with Crippen LogP contribution in [-0.4, -0.2) is 28.0 Å². The van der Waals surface area contributed by atoms with Crippen LogP contribution in [0, 0.1) is 0 Å². The molecule has 1 aliphatic rings. The highest BCUT2D eigenvalue weighted by Gasteiger charge is 2.19. The van der Waals surface area contributed by atoms with E-state index in [1.807, 2.05) is 0 Å². The summed E-state index contributed by atoms with van der Waals surface area (Å²) < 4.78 is 0. The number of hydrogen-bond donors (Lipinski definition) is 0. The molecule has 1 saturated carbocycles. The third-order valence-corrected chi connectivity index (χ3v) is 3.91. The highest BCUT2D eigenvalue weighted by atomic mass is 35.5. The first-order chi connectivity index (χ1) is 8.16. The molecule has 0 atom stereocenters. The van der Waals surface area contributed by atoms with Crippen molar-refractivity contribution in [3.05, 3.63) is 22.2 Å². The van der Waals surface area contributed by atoms with Gasteiger partial charge >= 0.3 is 0 Å². The first-order valence-corrected chi connectivity index (χ1v) is 6.79. The molecule has 0 N–H and O–H groups in total. The number of rotatable bonds is 3. The summed E-state index contributed by atoms with van der Waals surface area (Å²) in [5.74, 6) is 0. The zero-order chi connectivity index (χ0) is 12.3. The Morgan fingerprint density at radius 1 is 1.29 bits per heavy atom. The fourth-order valence-electron chi connectivity index (χ4n) is 2.39. The monoisotopic (exact) mass is 273 g/mol. The Kier molecular flexibility index (Phi) is 4.60. The molecule has 0 amide bonds. The van der Waals surface area contributed by atoms with Crippen molar-refractivity contribution in [2.75, 3.05) is 7.05 Å². The smallest absolute Gasteiger partial charge is 0.223 e. The minimum atomic E-state index is 0.207. The predicted molar refractivity (Wildman–Crippen MR) is 70.4 cm³/mol. The van der Waals surface area contributed by atoms with Crippen molar-refractivity contribution >= 4 is 23.2 Å². The third-order valence-electron chi connectivity index (χ3n) is 3.40. The molecule has 0 aliphatic heterocycles. The second-order valence-electron chi connectivity index (χ2n) is 4.66. The molecule has 0 radical (unpaired) electrons. The fraction of sp³-hybridized carbons (Fsp3) is 0.667. The lowest BCUT2D eigenvalue weighted by Crippen LogP contribution is -2.33. The van der Waals surface area contributed by atoms with Crippen molar-refractivity contribution in [2.45, 2.75) is 44.7 Å². The Morgan fingerprint density at radius 2 is 2.00 bits per heavy atom. The zero-order valence-electron chi connectivity index (χ0n) is 9.99. The molecule has 0 aromatic carbocycles. The van der Waals surface area contributed by atoms with Gasteiger partial charge < -0.3 is 0 Å². The average molecular weight is 274 g/mol. The molecule has 3 nitrogen and oxygen atoms in total. The molecule has 94 valence electrons. The predicted octanol–water partition coefficient (Wildman–Crippen LogP) is 3.55. The first kappa shape index (κ1) is 13.1. The van der Waals surface area contributed by atoms with Crippen LogP contribution in [0.5, 0.6) is 0 Å². The van der Waals surface area contributed by atoms with E-state index < -0.39 is 0 Å². The van der Waals surface area contributed by atoms with Crippen LogP contribution in [0.25, 0.3) is 0 Å². The summed E-state index contributed by atoms with van der Waals surface area (Å²) >= 11 is 11.7. The normalized spacial score (nSPS) is 17.6. The van der Waals surface area contributed by atoms with Crippen LogP contribution in [0.4, 0.5) is 0 Å². The van der Waals surface area contributed by atoms with E-state index in [1.54, 1.807) is 6.20 Å².